The second kappa shape index (κ2) is 3.15. The van der Waals surface area contributed by atoms with E-state index in [1.165, 1.54) is 19.1 Å². The average molecular weight is 230 g/mol. The van der Waals surface area contributed by atoms with Crippen molar-refractivity contribution in [2.75, 3.05) is 5.73 Å². The number of benzene rings is 1. The highest BCUT2D eigenvalue weighted by Crippen LogP contribution is 2.28. The largest absolute Gasteiger partial charge is 0.508 e. The summed E-state index contributed by atoms with van der Waals surface area (Å²) in [6.07, 6.45) is 0. The number of phenols is 1. The zero-order valence-corrected chi connectivity index (χ0v) is 8.05. The van der Waals surface area contributed by atoms with Crippen molar-refractivity contribution >= 4 is 27.4 Å². The first-order valence-electron chi connectivity index (χ1n) is 3.31. The minimum atomic E-state index is -0.126. The number of nitrogens with two attached hydrogens (primary N) is 1. The molecule has 0 radical (unpaired) electrons. The standard InChI is InChI=1S/C8H8BrNO2/c1-4(11)8-6(9)2-5(12)3-7(8)10/h2-3,12H,10H2,1H3. The smallest absolute Gasteiger partial charge is 0.163 e. The summed E-state index contributed by atoms with van der Waals surface area (Å²) in [5, 5.41) is 9.08. The van der Waals surface area contributed by atoms with E-state index in [1.54, 1.807) is 0 Å². The number of hydrogen-bond donors (Lipinski definition) is 2. The molecule has 64 valence electrons. The maximum atomic E-state index is 11.0. The van der Waals surface area contributed by atoms with E-state index in [0.717, 1.165) is 0 Å². The number of nitrogen functional groups attached to an aromatic ring is 1. The molecule has 0 saturated carbocycles. The zero-order valence-electron chi connectivity index (χ0n) is 6.47. The molecule has 0 aromatic heterocycles. The summed E-state index contributed by atoms with van der Waals surface area (Å²) < 4.78 is 0.521. The topological polar surface area (TPSA) is 63.3 Å². The predicted octanol–water partition coefficient (Wildman–Crippen LogP) is 1.94. The lowest BCUT2D eigenvalue weighted by molar-refractivity contribution is 0.101. The first-order valence-corrected chi connectivity index (χ1v) is 4.10. The molecule has 0 aliphatic rings. The van der Waals surface area contributed by atoms with Gasteiger partial charge in [0.2, 0.25) is 0 Å². The summed E-state index contributed by atoms with van der Waals surface area (Å²) in [4.78, 5) is 11.0. The normalized spacial score (nSPS) is 9.83. The van der Waals surface area contributed by atoms with E-state index in [0.29, 0.717) is 10.0 Å². The van der Waals surface area contributed by atoms with Crippen LogP contribution in [0.5, 0.6) is 5.75 Å². The van der Waals surface area contributed by atoms with Crippen LogP contribution in [-0.2, 0) is 0 Å². The van der Waals surface area contributed by atoms with Gasteiger partial charge in [-0.15, -0.1) is 0 Å². The molecule has 3 N–H and O–H groups in total. The van der Waals surface area contributed by atoms with Crippen molar-refractivity contribution in [3.05, 3.63) is 22.2 Å². The molecule has 0 aliphatic carbocycles. The molecule has 0 amide bonds. The number of ketones is 1. The summed E-state index contributed by atoms with van der Waals surface area (Å²) in [6.45, 7) is 1.42. The van der Waals surface area contributed by atoms with Crippen LogP contribution >= 0.6 is 15.9 Å². The van der Waals surface area contributed by atoms with Gasteiger partial charge in [0.05, 0.1) is 5.56 Å². The van der Waals surface area contributed by atoms with E-state index < -0.39 is 0 Å². The molecule has 0 atom stereocenters. The fourth-order valence-corrected chi connectivity index (χ4v) is 1.73. The van der Waals surface area contributed by atoms with Gasteiger partial charge < -0.3 is 10.8 Å². The number of halogens is 1. The van der Waals surface area contributed by atoms with Crippen LogP contribution in [0.2, 0.25) is 0 Å². The van der Waals surface area contributed by atoms with E-state index in [2.05, 4.69) is 15.9 Å². The van der Waals surface area contributed by atoms with Gasteiger partial charge in [-0.05, 0) is 28.9 Å². The van der Waals surface area contributed by atoms with Crippen molar-refractivity contribution < 1.29 is 9.90 Å². The summed E-state index contributed by atoms with van der Waals surface area (Å²) in [6, 6.07) is 2.79. The molecule has 0 unspecified atom stereocenters. The van der Waals surface area contributed by atoms with Gasteiger partial charge in [-0.2, -0.15) is 0 Å². The van der Waals surface area contributed by atoms with Gasteiger partial charge in [-0.25, -0.2) is 0 Å². The Morgan fingerprint density at radius 1 is 1.58 bits per heavy atom. The van der Waals surface area contributed by atoms with Crippen LogP contribution in [0.15, 0.2) is 16.6 Å². The number of Topliss-reactive ketones (excluding diaryl/α,β-unsaturated/α-hetero) is 1. The Hall–Kier alpha value is -1.03. The molecule has 3 nitrogen and oxygen atoms in total. The van der Waals surface area contributed by atoms with Gasteiger partial charge in [0.1, 0.15) is 5.75 Å². The molecule has 0 aliphatic heterocycles. The van der Waals surface area contributed by atoms with E-state index >= 15 is 0 Å². The molecule has 0 spiro atoms. The molecule has 1 aromatic rings. The van der Waals surface area contributed by atoms with Crippen molar-refractivity contribution in [1.82, 2.24) is 0 Å². The molecule has 1 rings (SSSR count). The number of aromatic hydroxyl groups is 1. The predicted molar refractivity (Wildman–Crippen MR) is 50.2 cm³/mol. The molecular weight excluding hydrogens is 222 g/mol. The molecule has 0 bridgehead atoms. The van der Waals surface area contributed by atoms with Crippen molar-refractivity contribution in [2.24, 2.45) is 0 Å². The second-order valence-electron chi connectivity index (χ2n) is 2.45. The van der Waals surface area contributed by atoms with E-state index in [4.69, 9.17) is 10.8 Å². The first kappa shape index (κ1) is 9.06. The Morgan fingerprint density at radius 3 is 2.58 bits per heavy atom. The average Bonchev–Trinajstić information content (AvgIpc) is 1.82. The van der Waals surface area contributed by atoms with Crippen molar-refractivity contribution in [3.63, 3.8) is 0 Å². The lowest BCUT2D eigenvalue weighted by Crippen LogP contribution is -2.00. The van der Waals surface area contributed by atoms with Crippen molar-refractivity contribution in [1.29, 1.82) is 0 Å². The monoisotopic (exact) mass is 229 g/mol. The summed E-state index contributed by atoms with van der Waals surface area (Å²) in [5.74, 6) is -0.0799. The number of anilines is 1. The van der Waals surface area contributed by atoms with Crippen LogP contribution in [0.25, 0.3) is 0 Å². The Bertz CT molecular complexity index is 313. The lowest BCUT2D eigenvalue weighted by atomic mass is 10.1. The van der Waals surface area contributed by atoms with Gasteiger partial charge in [-0.3, -0.25) is 4.79 Å². The molecule has 0 saturated heterocycles. The van der Waals surface area contributed by atoms with Gasteiger partial charge in [0, 0.05) is 16.2 Å². The van der Waals surface area contributed by atoms with Crippen LogP contribution in [0.4, 0.5) is 5.69 Å². The quantitative estimate of drug-likeness (QED) is 0.572. The number of hydrogen-bond acceptors (Lipinski definition) is 3. The van der Waals surface area contributed by atoms with Crippen LogP contribution in [0, 0.1) is 0 Å². The number of rotatable bonds is 1. The van der Waals surface area contributed by atoms with Crippen molar-refractivity contribution in [2.45, 2.75) is 6.92 Å². The molecule has 0 heterocycles. The van der Waals surface area contributed by atoms with Crippen LogP contribution in [0.3, 0.4) is 0 Å². The van der Waals surface area contributed by atoms with E-state index in [1.807, 2.05) is 0 Å². The highest BCUT2D eigenvalue weighted by molar-refractivity contribution is 9.10. The molecule has 1 aromatic carbocycles. The third-order valence-electron chi connectivity index (χ3n) is 1.46. The summed E-state index contributed by atoms with van der Waals surface area (Å²) in [5.41, 5.74) is 6.21. The molecule has 4 heteroatoms. The highest BCUT2D eigenvalue weighted by atomic mass is 79.9. The Labute approximate surface area is 78.3 Å². The maximum Gasteiger partial charge on any atom is 0.163 e. The van der Waals surface area contributed by atoms with Gasteiger partial charge >= 0.3 is 0 Å². The van der Waals surface area contributed by atoms with Crippen LogP contribution < -0.4 is 5.73 Å². The number of phenolic OH excluding ortho intramolecular Hbond substituents is 1. The SMILES string of the molecule is CC(=O)c1c(N)cc(O)cc1Br. The van der Waals surface area contributed by atoms with Gasteiger partial charge in [0.25, 0.3) is 0 Å². The zero-order chi connectivity index (χ0) is 9.30. The molecule has 0 fully saturated rings. The lowest BCUT2D eigenvalue weighted by Gasteiger charge is -2.04. The van der Waals surface area contributed by atoms with Crippen LogP contribution in [0.1, 0.15) is 17.3 Å². The Balaban J connectivity index is 3.38. The van der Waals surface area contributed by atoms with Gasteiger partial charge in [-0.1, -0.05) is 0 Å². The highest BCUT2D eigenvalue weighted by Gasteiger charge is 2.10. The fourth-order valence-electron chi connectivity index (χ4n) is 0.984. The minimum absolute atomic E-state index is 0.0457. The minimum Gasteiger partial charge on any atom is -0.508 e. The summed E-state index contributed by atoms with van der Waals surface area (Å²) in [7, 11) is 0. The Morgan fingerprint density at radius 2 is 2.17 bits per heavy atom. The van der Waals surface area contributed by atoms with E-state index in [9.17, 15) is 4.79 Å². The van der Waals surface area contributed by atoms with E-state index in [-0.39, 0.29) is 17.2 Å². The fraction of sp³-hybridized carbons (Fsp3) is 0.125. The first-order chi connectivity index (χ1) is 5.52. The van der Waals surface area contributed by atoms with Crippen LogP contribution in [-0.4, -0.2) is 10.9 Å². The van der Waals surface area contributed by atoms with Gasteiger partial charge in [0.15, 0.2) is 5.78 Å². The molecular formula is C8H8BrNO2. The number of carbonyl (C=O) groups excluding carboxylic acids is 1. The third-order valence-corrected chi connectivity index (χ3v) is 2.08. The Kier molecular flexibility index (Phi) is 2.38. The number of carbonyl (C=O) groups is 1. The summed E-state index contributed by atoms with van der Waals surface area (Å²) >= 11 is 3.14. The second-order valence-corrected chi connectivity index (χ2v) is 3.30. The molecule has 12 heavy (non-hydrogen) atoms. The van der Waals surface area contributed by atoms with Crippen molar-refractivity contribution in [3.8, 4) is 5.75 Å². The third kappa shape index (κ3) is 1.58. The maximum absolute atomic E-state index is 11.0.